The van der Waals surface area contributed by atoms with Crippen molar-refractivity contribution in [2.45, 2.75) is 13.5 Å². The predicted molar refractivity (Wildman–Crippen MR) is 72.1 cm³/mol. The summed E-state index contributed by atoms with van der Waals surface area (Å²) < 4.78 is 1.87. The summed E-state index contributed by atoms with van der Waals surface area (Å²) in [5.74, 6) is 0. The largest absolute Gasteiger partial charge is 0.465 e. The third-order valence-electron chi connectivity index (χ3n) is 3.17. The fourth-order valence-corrected chi connectivity index (χ4v) is 2.52. The summed E-state index contributed by atoms with van der Waals surface area (Å²) >= 11 is 0. The van der Waals surface area contributed by atoms with Crippen LogP contribution >= 0.6 is 0 Å². The minimum atomic E-state index is -1.07. The fraction of sp³-hybridized carbons (Fsp3) is 0.231. The first-order valence-electron chi connectivity index (χ1n) is 5.96. The number of carbonyl (C=O) groups is 1. The molecule has 1 aromatic carbocycles. The third kappa shape index (κ3) is 1.81. The number of rotatable bonds is 1. The van der Waals surface area contributed by atoms with Gasteiger partial charge in [0.15, 0.2) is 0 Å². The first-order valence-corrected chi connectivity index (χ1v) is 5.96. The highest BCUT2D eigenvalue weighted by molar-refractivity contribution is 5.91. The standard InChI is InChI=1S/C13H14N4O2/c1-8-6-9-7-16(2)12-10(14-13(18)19)4-3-5-11(12)17(9)15-8/h3-6,14H,7H2,1-2H3,(H,18,19). The Morgan fingerprint density at radius 2 is 2.26 bits per heavy atom. The Morgan fingerprint density at radius 1 is 1.47 bits per heavy atom. The second kappa shape index (κ2) is 4.01. The van der Waals surface area contributed by atoms with Crippen LogP contribution in [0, 0.1) is 6.92 Å². The number of aromatic nitrogens is 2. The van der Waals surface area contributed by atoms with Crippen LogP contribution in [0.2, 0.25) is 0 Å². The van der Waals surface area contributed by atoms with E-state index in [4.69, 9.17) is 5.11 Å². The van der Waals surface area contributed by atoms with E-state index in [2.05, 4.69) is 10.4 Å². The summed E-state index contributed by atoms with van der Waals surface area (Å²) in [4.78, 5) is 12.9. The van der Waals surface area contributed by atoms with Crippen LogP contribution in [0.3, 0.4) is 0 Å². The van der Waals surface area contributed by atoms with Crippen molar-refractivity contribution >= 4 is 17.5 Å². The van der Waals surface area contributed by atoms with E-state index in [1.54, 1.807) is 6.07 Å². The third-order valence-corrected chi connectivity index (χ3v) is 3.17. The average molecular weight is 258 g/mol. The maximum atomic E-state index is 10.9. The summed E-state index contributed by atoms with van der Waals surface area (Å²) in [7, 11) is 1.94. The SMILES string of the molecule is Cc1cc2n(n1)-c1cccc(NC(=O)O)c1N(C)C2. The van der Waals surface area contributed by atoms with Crippen molar-refractivity contribution in [2.75, 3.05) is 17.3 Å². The summed E-state index contributed by atoms with van der Waals surface area (Å²) in [5, 5.41) is 15.8. The topological polar surface area (TPSA) is 70.4 Å². The van der Waals surface area contributed by atoms with Gasteiger partial charge in [0.05, 0.1) is 35.0 Å². The zero-order chi connectivity index (χ0) is 13.6. The molecule has 19 heavy (non-hydrogen) atoms. The van der Waals surface area contributed by atoms with Gasteiger partial charge in [-0.05, 0) is 25.1 Å². The van der Waals surface area contributed by atoms with E-state index in [1.807, 2.05) is 41.8 Å². The van der Waals surface area contributed by atoms with Crippen LogP contribution in [-0.4, -0.2) is 28.0 Å². The maximum absolute atomic E-state index is 10.9. The van der Waals surface area contributed by atoms with Gasteiger partial charge in [0.2, 0.25) is 0 Å². The van der Waals surface area contributed by atoms with E-state index < -0.39 is 6.09 Å². The minimum Gasteiger partial charge on any atom is -0.465 e. The molecule has 0 bridgehead atoms. The molecule has 0 radical (unpaired) electrons. The molecule has 98 valence electrons. The lowest BCUT2D eigenvalue weighted by Gasteiger charge is -2.30. The molecule has 0 fully saturated rings. The molecule has 0 aliphatic carbocycles. The van der Waals surface area contributed by atoms with E-state index in [-0.39, 0.29) is 0 Å². The van der Waals surface area contributed by atoms with Crippen LogP contribution in [0.5, 0.6) is 0 Å². The molecule has 2 aromatic rings. The zero-order valence-electron chi connectivity index (χ0n) is 10.7. The van der Waals surface area contributed by atoms with E-state index in [1.165, 1.54) is 0 Å². The summed E-state index contributed by atoms with van der Waals surface area (Å²) in [6.07, 6.45) is -1.07. The van der Waals surface area contributed by atoms with Crippen LogP contribution in [-0.2, 0) is 6.54 Å². The molecule has 3 rings (SSSR count). The molecule has 0 unspecified atom stereocenters. The van der Waals surface area contributed by atoms with E-state index in [9.17, 15) is 4.79 Å². The number of amides is 1. The van der Waals surface area contributed by atoms with Crippen molar-refractivity contribution in [2.24, 2.45) is 0 Å². The van der Waals surface area contributed by atoms with Gasteiger partial charge in [-0.25, -0.2) is 9.48 Å². The van der Waals surface area contributed by atoms with Gasteiger partial charge in [-0.1, -0.05) is 6.07 Å². The highest BCUT2D eigenvalue weighted by Crippen LogP contribution is 2.37. The molecular formula is C13H14N4O2. The molecule has 0 saturated heterocycles. The van der Waals surface area contributed by atoms with Crippen molar-refractivity contribution in [3.63, 3.8) is 0 Å². The summed E-state index contributed by atoms with van der Waals surface area (Å²) in [5.41, 5.74) is 4.36. The Balaban J connectivity index is 2.20. The Bertz CT molecular complexity index is 663. The van der Waals surface area contributed by atoms with E-state index in [0.717, 1.165) is 22.8 Å². The molecule has 2 heterocycles. The minimum absolute atomic E-state index is 0.575. The van der Waals surface area contributed by atoms with Crippen LogP contribution in [0.15, 0.2) is 24.3 Å². The summed E-state index contributed by atoms with van der Waals surface area (Å²) in [6.45, 7) is 2.65. The van der Waals surface area contributed by atoms with Crippen LogP contribution in [0.25, 0.3) is 5.69 Å². The molecule has 1 aromatic heterocycles. The number of fused-ring (bicyclic) bond motifs is 3. The molecule has 0 saturated carbocycles. The zero-order valence-corrected chi connectivity index (χ0v) is 10.7. The number of hydrogen-bond acceptors (Lipinski definition) is 3. The van der Waals surface area contributed by atoms with Crippen molar-refractivity contribution in [1.82, 2.24) is 9.78 Å². The molecular weight excluding hydrogens is 244 g/mol. The normalized spacial score (nSPS) is 12.8. The van der Waals surface area contributed by atoms with Crippen molar-refractivity contribution in [1.29, 1.82) is 0 Å². The van der Waals surface area contributed by atoms with Crippen molar-refractivity contribution < 1.29 is 9.90 Å². The molecule has 0 spiro atoms. The van der Waals surface area contributed by atoms with Gasteiger partial charge < -0.3 is 10.0 Å². The van der Waals surface area contributed by atoms with Gasteiger partial charge in [0.1, 0.15) is 0 Å². The van der Waals surface area contributed by atoms with E-state index >= 15 is 0 Å². The molecule has 1 aliphatic heterocycles. The Kier molecular flexibility index (Phi) is 2.45. The lowest BCUT2D eigenvalue weighted by Crippen LogP contribution is -2.27. The number of nitrogens with one attached hydrogen (secondary N) is 1. The van der Waals surface area contributed by atoms with Crippen molar-refractivity contribution in [3.8, 4) is 5.69 Å². The van der Waals surface area contributed by atoms with Crippen molar-refractivity contribution in [3.05, 3.63) is 35.7 Å². The lowest BCUT2D eigenvalue weighted by atomic mass is 10.1. The van der Waals surface area contributed by atoms with E-state index in [0.29, 0.717) is 12.2 Å². The Hall–Kier alpha value is -2.50. The first kappa shape index (κ1) is 11.6. The number of para-hydroxylation sites is 1. The number of aryl methyl sites for hydroxylation is 1. The lowest BCUT2D eigenvalue weighted by molar-refractivity contribution is 0.210. The second-order valence-corrected chi connectivity index (χ2v) is 4.65. The first-order chi connectivity index (χ1) is 9.06. The molecule has 2 N–H and O–H groups in total. The number of nitrogens with zero attached hydrogens (tertiary/aromatic N) is 3. The quantitative estimate of drug-likeness (QED) is 0.822. The highest BCUT2D eigenvalue weighted by atomic mass is 16.4. The molecule has 0 atom stereocenters. The van der Waals surface area contributed by atoms with Gasteiger partial charge in [-0.3, -0.25) is 5.32 Å². The Labute approximate surface area is 110 Å². The van der Waals surface area contributed by atoms with Crippen LogP contribution in [0.4, 0.5) is 16.2 Å². The smallest absolute Gasteiger partial charge is 0.409 e. The van der Waals surface area contributed by atoms with Gasteiger partial charge in [0, 0.05) is 7.05 Å². The number of anilines is 2. The monoisotopic (exact) mass is 258 g/mol. The average Bonchev–Trinajstić information content (AvgIpc) is 2.69. The van der Waals surface area contributed by atoms with Gasteiger partial charge in [-0.2, -0.15) is 5.10 Å². The maximum Gasteiger partial charge on any atom is 0.409 e. The Morgan fingerprint density at radius 3 is 3.00 bits per heavy atom. The molecule has 1 amide bonds. The summed E-state index contributed by atoms with van der Waals surface area (Å²) in [6, 6.07) is 7.56. The van der Waals surface area contributed by atoms with Gasteiger partial charge in [0.25, 0.3) is 0 Å². The van der Waals surface area contributed by atoms with Crippen LogP contribution in [0.1, 0.15) is 11.4 Å². The number of carboxylic acid groups (broad SMARTS) is 1. The second-order valence-electron chi connectivity index (χ2n) is 4.65. The van der Waals surface area contributed by atoms with Crippen LogP contribution < -0.4 is 10.2 Å². The molecule has 6 nitrogen and oxygen atoms in total. The fourth-order valence-electron chi connectivity index (χ4n) is 2.52. The predicted octanol–water partition coefficient (Wildman–Crippen LogP) is 2.22. The highest BCUT2D eigenvalue weighted by Gasteiger charge is 2.23. The molecule has 6 heteroatoms. The van der Waals surface area contributed by atoms with Gasteiger partial charge >= 0.3 is 6.09 Å². The number of benzene rings is 1. The van der Waals surface area contributed by atoms with Gasteiger partial charge in [-0.15, -0.1) is 0 Å². The molecule has 1 aliphatic rings. The number of hydrogen-bond donors (Lipinski definition) is 2.